The second-order valence-corrected chi connectivity index (χ2v) is 7.00. The van der Waals surface area contributed by atoms with Crippen LogP contribution in [0.5, 0.6) is 0 Å². The average molecular weight is 364 g/mol. The minimum absolute atomic E-state index is 0.0170. The van der Waals surface area contributed by atoms with E-state index in [0.717, 1.165) is 31.6 Å². The molecule has 0 aliphatic carbocycles. The van der Waals surface area contributed by atoms with Crippen LogP contribution in [0.2, 0.25) is 0 Å². The van der Waals surface area contributed by atoms with E-state index >= 15 is 0 Å². The fourth-order valence-electron chi connectivity index (χ4n) is 3.68. The molecule has 0 bridgehead atoms. The molecule has 2 aromatic carbocycles. The molecular weight excluding hydrogens is 344 g/mol. The molecular formula is C20H20N4O3. The van der Waals surface area contributed by atoms with Crippen LogP contribution in [0.15, 0.2) is 48.5 Å². The highest BCUT2D eigenvalue weighted by atomic mass is 16.6. The molecule has 0 spiro atoms. The van der Waals surface area contributed by atoms with E-state index in [2.05, 4.69) is 17.0 Å². The molecule has 3 aromatic rings. The van der Waals surface area contributed by atoms with Crippen molar-refractivity contribution in [3.8, 4) is 0 Å². The van der Waals surface area contributed by atoms with Crippen molar-refractivity contribution in [2.45, 2.75) is 18.8 Å². The van der Waals surface area contributed by atoms with Crippen LogP contribution in [0.4, 0.5) is 5.69 Å². The number of carbonyl (C=O) groups excluding carboxylic acids is 1. The molecule has 7 heteroatoms. The highest BCUT2D eigenvalue weighted by molar-refractivity contribution is 6.02. The summed E-state index contributed by atoms with van der Waals surface area (Å²) in [6.07, 6.45) is 1.84. The van der Waals surface area contributed by atoms with Crippen LogP contribution in [-0.2, 0) is 0 Å². The molecule has 2 heterocycles. The predicted octanol–water partition coefficient (Wildman–Crippen LogP) is 3.44. The van der Waals surface area contributed by atoms with Gasteiger partial charge in [-0.15, -0.1) is 0 Å². The Kier molecular flexibility index (Phi) is 4.45. The van der Waals surface area contributed by atoms with Crippen molar-refractivity contribution < 1.29 is 9.72 Å². The van der Waals surface area contributed by atoms with E-state index in [-0.39, 0.29) is 17.5 Å². The topological polar surface area (TPSA) is 81.3 Å². The van der Waals surface area contributed by atoms with E-state index in [1.54, 1.807) is 24.3 Å². The first-order valence-electron chi connectivity index (χ1n) is 9.00. The molecule has 27 heavy (non-hydrogen) atoms. The highest BCUT2D eigenvalue weighted by Gasteiger charge is 2.26. The standard InChI is InChI=1S/C20H20N4O3/c1-22-11-9-14(10-12-22)19-17-13-16(24(26)27)7-8-18(17)23(21-19)20(25)15-5-3-2-4-6-15/h2-8,13-14H,9-12H2,1H3. The summed E-state index contributed by atoms with van der Waals surface area (Å²) >= 11 is 0. The second-order valence-electron chi connectivity index (χ2n) is 7.00. The number of nitro groups is 1. The van der Waals surface area contributed by atoms with Gasteiger partial charge >= 0.3 is 0 Å². The molecule has 0 atom stereocenters. The van der Waals surface area contributed by atoms with Gasteiger partial charge in [-0.1, -0.05) is 18.2 Å². The maximum Gasteiger partial charge on any atom is 0.278 e. The summed E-state index contributed by atoms with van der Waals surface area (Å²) in [5.74, 6) is -0.0378. The Hall–Kier alpha value is -3.06. The Morgan fingerprint density at radius 2 is 1.85 bits per heavy atom. The highest BCUT2D eigenvalue weighted by Crippen LogP contribution is 2.34. The number of hydrogen-bond donors (Lipinski definition) is 0. The largest absolute Gasteiger partial charge is 0.306 e. The number of rotatable bonds is 3. The first kappa shape index (κ1) is 17.4. The summed E-state index contributed by atoms with van der Waals surface area (Å²) in [6, 6.07) is 13.6. The van der Waals surface area contributed by atoms with Crippen LogP contribution in [0.25, 0.3) is 10.9 Å². The van der Waals surface area contributed by atoms with Crippen molar-refractivity contribution in [1.29, 1.82) is 0 Å². The number of non-ortho nitro benzene ring substituents is 1. The lowest BCUT2D eigenvalue weighted by atomic mass is 9.92. The maximum absolute atomic E-state index is 13.0. The van der Waals surface area contributed by atoms with Gasteiger partial charge < -0.3 is 4.90 Å². The molecule has 1 aromatic heterocycles. The molecule has 0 amide bonds. The Balaban J connectivity index is 1.85. The third kappa shape index (κ3) is 3.21. The van der Waals surface area contributed by atoms with Crippen LogP contribution >= 0.6 is 0 Å². The molecule has 0 radical (unpaired) electrons. The van der Waals surface area contributed by atoms with Gasteiger partial charge in [0.15, 0.2) is 0 Å². The number of hydrogen-bond acceptors (Lipinski definition) is 5. The van der Waals surface area contributed by atoms with Crippen LogP contribution < -0.4 is 0 Å². The minimum Gasteiger partial charge on any atom is -0.306 e. The van der Waals surface area contributed by atoms with E-state index in [9.17, 15) is 14.9 Å². The van der Waals surface area contributed by atoms with Gasteiger partial charge in [0.05, 0.1) is 16.1 Å². The van der Waals surface area contributed by atoms with E-state index in [4.69, 9.17) is 0 Å². The number of nitrogens with zero attached hydrogens (tertiary/aromatic N) is 4. The SMILES string of the molecule is CN1CCC(c2nn(C(=O)c3ccccc3)c3ccc([N+](=O)[O-])cc23)CC1. The lowest BCUT2D eigenvalue weighted by molar-refractivity contribution is -0.384. The van der Waals surface area contributed by atoms with Crippen LogP contribution in [0.1, 0.15) is 34.8 Å². The van der Waals surface area contributed by atoms with E-state index in [1.807, 2.05) is 18.2 Å². The molecule has 138 valence electrons. The minimum atomic E-state index is -0.409. The Labute approximate surface area is 156 Å². The zero-order valence-corrected chi connectivity index (χ0v) is 15.0. The Morgan fingerprint density at radius 3 is 2.52 bits per heavy atom. The number of likely N-dealkylation sites (tertiary alicyclic amines) is 1. The van der Waals surface area contributed by atoms with E-state index in [0.29, 0.717) is 16.5 Å². The zero-order valence-electron chi connectivity index (χ0n) is 15.0. The van der Waals surface area contributed by atoms with Gasteiger partial charge in [0.25, 0.3) is 11.6 Å². The van der Waals surface area contributed by atoms with Crippen LogP contribution in [0.3, 0.4) is 0 Å². The van der Waals surface area contributed by atoms with Gasteiger partial charge in [0, 0.05) is 29.0 Å². The Morgan fingerprint density at radius 1 is 1.15 bits per heavy atom. The van der Waals surface area contributed by atoms with Crippen molar-refractivity contribution in [2.24, 2.45) is 0 Å². The normalized spacial score (nSPS) is 15.9. The van der Waals surface area contributed by atoms with Crippen LogP contribution in [0, 0.1) is 10.1 Å². The molecule has 0 unspecified atom stereocenters. The van der Waals surface area contributed by atoms with Gasteiger partial charge in [0.1, 0.15) is 0 Å². The van der Waals surface area contributed by atoms with Gasteiger partial charge in [-0.3, -0.25) is 14.9 Å². The number of fused-ring (bicyclic) bond motifs is 1. The van der Waals surface area contributed by atoms with Crippen molar-refractivity contribution >= 4 is 22.5 Å². The number of piperidine rings is 1. The average Bonchev–Trinajstić information content (AvgIpc) is 3.07. The summed E-state index contributed by atoms with van der Waals surface area (Å²) in [6.45, 7) is 1.89. The quantitative estimate of drug-likeness (QED) is 0.525. The van der Waals surface area contributed by atoms with E-state index in [1.165, 1.54) is 10.7 Å². The number of nitro benzene ring substituents is 1. The molecule has 0 N–H and O–H groups in total. The second kappa shape index (κ2) is 6.92. The lowest BCUT2D eigenvalue weighted by Crippen LogP contribution is -2.29. The number of aromatic nitrogens is 2. The molecule has 1 fully saturated rings. The first-order valence-corrected chi connectivity index (χ1v) is 9.00. The van der Waals surface area contributed by atoms with E-state index < -0.39 is 4.92 Å². The Bertz CT molecular complexity index is 1000. The number of carbonyl (C=O) groups is 1. The van der Waals surface area contributed by atoms with Gasteiger partial charge in [0.2, 0.25) is 0 Å². The fraction of sp³-hybridized carbons (Fsp3) is 0.300. The third-order valence-corrected chi connectivity index (χ3v) is 5.22. The summed E-state index contributed by atoms with van der Waals surface area (Å²) in [7, 11) is 2.08. The smallest absolute Gasteiger partial charge is 0.278 e. The first-order chi connectivity index (χ1) is 13.0. The molecule has 4 rings (SSSR count). The summed E-state index contributed by atoms with van der Waals surface area (Å²) in [5, 5.41) is 16.6. The third-order valence-electron chi connectivity index (χ3n) is 5.22. The van der Waals surface area contributed by atoms with Gasteiger partial charge in [-0.25, -0.2) is 0 Å². The summed E-state index contributed by atoms with van der Waals surface area (Å²) in [5.41, 5.74) is 1.95. The molecule has 1 aliphatic rings. The lowest BCUT2D eigenvalue weighted by Gasteiger charge is -2.28. The molecule has 7 nitrogen and oxygen atoms in total. The molecule has 0 saturated carbocycles. The van der Waals surface area contributed by atoms with Crippen LogP contribution in [-0.4, -0.2) is 45.6 Å². The van der Waals surface area contributed by atoms with Crippen molar-refractivity contribution in [2.75, 3.05) is 20.1 Å². The molecule has 1 saturated heterocycles. The fourth-order valence-corrected chi connectivity index (χ4v) is 3.68. The number of benzene rings is 2. The molecule has 1 aliphatic heterocycles. The predicted molar refractivity (Wildman–Crippen MR) is 102 cm³/mol. The summed E-state index contributed by atoms with van der Waals surface area (Å²) in [4.78, 5) is 26.1. The zero-order chi connectivity index (χ0) is 19.0. The van der Waals surface area contributed by atoms with Gasteiger partial charge in [-0.05, 0) is 51.2 Å². The van der Waals surface area contributed by atoms with Crippen molar-refractivity contribution in [3.05, 3.63) is 69.9 Å². The summed E-state index contributed by atoms with van der Waals surface area (Å²) < 4.78 is 1.39. The van der Waals surface area contributed by atoms with Crippen molar-refractivity contribution in [1.82, 2.24) is 14.7 Å². The van der Waals surface area contributed by atoms with Crippen molar-refractivity contribution in [3.63, 3.8) is 0 Å². The van der Waals surface area contributed by atoms with Gasteiger partial charge in [-0.2, -0.15) is 9.78 Å². The maximum atomic E-state index is 13.0. The monoisotopic (exact) mass is 364 g/mol.